The lowest BCUT2D eigenvalue weighted by atomic mass is 9.83. The molecule has 0 radical (unpaired) electrons. The van der Waals surface area contributed by atoms with Gasteiger partial charge in [-0.25, -0.2) is 0 Å². The molecule has 1 saturated heterocycles. The van der Waals surface area contributed by atoms with Gasteiger partial charge in [0.25, 0.3) is 5.91 Å². The van der Waals surface area contributed by atoms with Gasteiger partial charge in [0.2, 0.25) is 0 Å². The summed E-state index contributed by atoms with van der Waals surface area (Å²) in [6.07, 6.45) is 16.5. The Bertz CT molecular complexity index is 956. The highest BCUT2D eigenvalue weighted by molar-refractivity contribution is 5.94. The number of amides is 1. The van der Waals surface area contributed by atoms with E-state index in [4.69, 9.17) is 9.47 Å². The third kappa shape index (κ3) is 6.88. The molecule has 1 unspecified atom stereocenters. The molecule has 2 atom stereocenters. The molecule has 0 aromatic heterocycles. The molecule has 1 aliphatic heterocycles. The molecule has 2 aliphatic carbocycles. The Morgan fingerprint density at radius 3 is 2.46 bits per heavy atom. The quantitative estimate of drug-likeness (QED) is 0.502. The Morgan fingerprint density at radius 2 is 1.69 bits per heavy atom. The summed E-state index contributed by atoms with van der Waals surface area (Å²) in [4.78, 5) is 12.9. The summed E-state index contributed by atoms with van der Waals surface area (Å²) in [5.74, 6) is 1.65. The first-order valence-electron chi connectivity index (χ1n) is 14.0. The molecule has 2 aromatic carbocycles. The Labute approximate surface area is 210 Å². The number of fused-ring (bicyclic) bond motifs is 1. The minimum absolute atomic E-state index is 0.00466. The van der Waals surface area contributed by atoms with Crippen LogP contribution in [0, 0.1) is 5.92 Å². The number of rotatable bonds is 7. The number of carbonyl (C=O) groups is 1. The van der Waals surface area contributed by atoms with Crippen LogP contribution in [0.1, 0.15) is 91.3 Å². The van der Waals surface area contributed by atoms with E-state index in [1.54, 1.807) is 0 Å². The summed E-state index contributed by atoms with van der Waals surface area (Å²) in [6, 6.07) is 14.8. The van der Waals surface area contributed by atoms with E-state index in [0.717, 1.165) is 50.4 Å². The van der Waals surface area contributed by atoms with Crippen molar-refractivity contribution in [1.29, 1.82) is 0 Å². The van der Waals surface area contributed by atoms with Crippen LogP contribution in [0.5, 0.6) is 5.75 Å². The summed E-state index contributed by atoms with van der Waals surface area (Å²) in [5.41, 5.74) is 5.10. The highest BCUT2D eigenvalue weighted by Crippen LogP contribution is 2.28. The van der Waals surface area contributed by atoms with Crippen LogP contribution in [-0.4, -0.2) is 31.3 Å². The molecule has 188 valence electrons. The van der Waals surface area contributed by atoms with Gasteiger partial charge in [0.05, 0.1) is 6.10 Å². The fourth-order valence-corrected chi connectivity index (χ4v) is 6.07. The van der Waals surface area contributed by atoms with Gasteiger partial charge in [-0.1, -0.05) is 63.1 Å². The van der Waals surface area contributed by atoms with Crippen molar-refractivity contribution in [1.82, 2.24) is 5.32 Å². The maximum Gasteiger partial charge on any atom is 0.251 e. The Morgan fingerprint density at radius 1 is 0.886 bits per heavy atom. The van der Waals surface area contributed by atoms with Gasteiger partial charge in [-0.3, -0.25) is 4.79 Å². The van der Waals surface area contributed by atoms with Crippen molar-refractivity contribution in [3.63, 3.8) is 0 Å². The fraction of sp³-hybridized carbons (Fsp3) is 0.581. The fourth-order valence-electron chi connectivity index (χ4n) is 6.07. The molecule has 5 rings (SSSR count). The highest BCUT2D eigenvalue weighted by atomic mass is 16.5. The van der Waals surface area contributed by atoms with Crippen LogP contribution in [0.2, 0.25) is 0 Å². The largest absolute Gasteiger partial charge is 0.491 e. The SMILES string of the molecule is O=C(NC1CCc2cc(CC3CCCCCCC3)ccc2C1)c1ccc(OC[C@H]2CCCO2)cc1. The summed E-state index contributed by atoms with van der Waals surface area (Å²) in [6.45, 7) is 1.41. The number of benzene rings is 2. The highest BCUT2D eigenvalue weighted by Gasteiger charge is 2.22. The van der Waals surface area contributed by atoms with Crippen LogP contribution in [0.25, 0.3) is 0 Å². The summed E-state index contributed by atoms with van der Waals surface area (Å²) < 4.78 is 11.4. The van der Waals surface area contributed by atoms with Gasteiger partial charge in [0.1, 0.15) is 12.4 Å². The first kappa shape index (κ1) is 24.4. The van der Waals surface area contributed by atoms with Gasteiger partial charge in [-0.15, -0.1) is 0 Å². The van der Waals surface area contributed by atoms with Gasteiger partial charge < -0.3 is 14.8 Å². The van der Waals surface area contributed by atoms with Crippen LogP contribution in [0.3, 0.4) is 0 Å². The van der Waals surface area contributed by atoms with Gasteiger partial charge >= 0.3 is 0 Å². The summed E-state index contributed by atoms with van der Waals surface area (Å²) >= 11 is 0. The summed E-state index contributed by atoms with van der Waals surface area (Å²) in [5, 5.41) is 3.27. The second-order valence-corrected chi connectivity index (χ2v) is 10.9. The average molecular weight is 476 g/mol. The van der Waals surface area contributed by atoms with Crippen molar-refractivity contribution in [3.05, 3.63) is 64.7 Å². The Balaban J connectivity index is 1.11. The lowest BCUT2D eigenvalue weighted by Gasteiger charge is -2.27. The molecular weight excluding hydrogens is 434 g/mol. The van der Waals surface area contributed by atoms with E-state index in [1.165, 1.54) is 68.1 Å². The molecule has 1 N–H and O–H groups in total. The second kappa shape index (κ2) is 12.1. The van der Waals surface area contributed by atoms with Crippen molar-refractivity contribution < 1.29 is 14.3 Å². The lowest BCUT2D eigenvalue weighted by Crippen LogP contribution is -2.38. The molecule has 2 aromatic rings. The number of aryl methyl sites for hydroxylation is 1. The van der Waals surface area contributed by atoms with E-state index in [-0.39, 0.29) is 18.1 Å². The molecule has 2 fully saturated rings. The van der Waals surface area contributed by atoms with E-state index in [9.17, 15) is 4.79 Å². The van der Waals surface area contributed by atoms with Crippen LogP contribution >= 0.6 is 0 Å². The third-order valence-electron chi connectivity index (χ3n) is 8.16. The number of hydrogen-bond acceptors (Lipinski definition) is 3. The molecule has 1 heterocycles. The van der Waals surface area contributed by atoms with Crippen LogP contribution < -0.4 is 10.1 Å². The molecule has 1 amide bonds. The molecule has 4 nitrogen and oxygen atoms in total. The molecule has 3 aliphatic rings. The van der Waals surface area contributed by atoms with Gasteiger partial charge in [0, 0.05) is 18.2 Å². The number of nitrogens with one attached hydrogen (secondary N) is 1. The monoisotopic (exact) mass is 475 g/mol. The normalized spacial score (nSPS) is 23.2. The molecule has 0 spiro atoms. The zero-order chi connectivity index (χ0) is 23.9. The van der Waals surface area contributed by atoms with E-state index in [1.807, 2.05) is 24.3 Å². The predicted molar refractivity (Wildman–Crippen MR) is 140 cm³/mol. The average Bonchev–Trinajstić information content (AvgIpc) is 3.38. The van der Waals surface area contributed by atoms with E-state index < -0.39 is 0 Å². The Kier molecular flexibility index (Phi) is 8.41. The van der Waals surface area contributed by atoms with Gasteiger partial charge in [-0.2, -0.15) is 0 Å². The molecule has 1 saturated carbocycles. The standard InChI is InChI=1S/C31H41NO3/c33-31(25-13-16-29(17-14-25)35-22-30-9-6-18-34-30)32-28-15-12-26-20-24(10-11-27(26)21-28)19-23-7-4-2-1-3-5-8-23/h10-11,13-14,16-17,20,23,28,30H,1-9,12,15,18-19,21-22H2,(H,32,33)/t28?,30-/m1/s1. The topological polar surface area (TPSA) is 47.6 Å². The molecular formula is C31H41NO3. The Hall–Kier alpha value is -2.33. The number of ether oxygens (including phenoxy) is 2. The third-order valence-corrected chi connectivity index (χ3v) is 8.16. The van der Waals surface area contributed by atoms with Crippen molar-refractivity contribution >= 4 is 5.91 Å². The van der Waals surface area contributed by atoms with E-state index in [2.05, 4.69) is 23.5 Å². The molecule has 0 bridgehead atoms. The first-order valence-corrected chi connectivity index (χ1v) is 14.0. The van der Waals surface area contributed by atoms with Gasteiger partial charge in [0.15, 0.2) is 0 Å². The smallest absolute Gasteiger partial charge is 0.251 e. The lowest BCUT2D eigenvalue weighted by molar-refractivity contribution is 0.0679. The minimum atomic E-state index is 0.00466. The van der Waals surface area contributed by atoms with Crippen LogP contribution in [-0.2, 0) is 24.0 Å². The minimum Gasteiger partial charge on any atom is -0.491 e. The van der Waals surface area contributed by atoms with E-state index >= 15 is 0 Å². The molecule has 35 heavy (non-hydrogen) atoms. The summed E-state index contributed by atoms with van der Waals surface area (Å²) in [7, 11) is 0. The van der Waals surface area contributed by atoms with Crippen LogP contribution in [0.15, 0.2) is 42.5 Å². The first-order chi connectivity index (χ1) is 17.2. The number of hydrogen-bond donors (Lipinski definition) is 1. The van der Waals surface area contributed by atoms with Gasteiger partial charge in [-0.05, 0) is 85.4 Å². The van der Waals surface area contributed by atoms with Crippen molar-refractivity contribution in [2.75, 3.05) is 13.2 Å². The van der Waals surface area contributed by atoms with Crippen molar-refractivity contribution in [2.45, 2.75) is 95.6 Å². The maximum absolute atomic E-state index is 12.9. The van der Waals surface area contributed by atoms with Crippen LogP contribution in [0.4, 0.5) is 0 Å². The zero-order valence-electron chi connectivity index (χ0n) is 21.1. The predicted octanol–water partition coefficient (Wildman–Crippen LogP) is 6.43. The van der Waals surface area contributed by atoms with Crippen molar-refractivity contribution in [2.24, 2.45) is 5.92 Å². The molecule has 4 heteroatoms. The maximum atomic E-state index is 12.9. The zero-order valence-corrected chi connectivity index (χ0v) is 21.1. The van der Waals surface area contributed by atoms with E-state index in [0.29, 0.717) is 12.2 Å². The number of carbonyl (C=O) groups excluding carboxylic acids is 1. The van der Waals surface area contributed by atoms with Crippen molar-refractivity contribution in [3.8, 4) is 5.75 Å². The second-order valence-electron chi connectivity index (χ2n) is 10.9.